The van der Waals surface area contributed by atoms with E-state index >= 15 is 0 Å². The number of nitrogens with zero attached hydrogens (tertiary/aromatic N) is 3. The maximum atomic E-state index is 12.2. The lowest BCUT2D eigenvalue weighted by atomic mass is 10.2. The Hall–Kier alpha value is -3.07. The summed E-state index contributed by atoms with van der Waals surface area (Å²) in [7, 11) is 0. The van der Waals surface area contributed by atoms with Gasteiger partial charge in [-0.3, -0.25) is 4.79 Å². The van der Waals surface area contributed by atoms with E-state index in [9.17, 15) is 18.0 Å². The molecule has 3 rings (SSSR count). The molecule has 0 saturated heterocycles. The molecule has 0 aliphatic heterocycles. The molecule has 146 valence electrons. The summed E-state index contributed by atoms with van der Waals surface area (Å²) in [4.78, 5) is 15.9. The second-order valence-electron chi connectivity index (χ2n) is 5.73. The van der Waals surface area contributed by atoms with E-state index in [1.807, 2.05) is 30.3 Å². The molecule has 2 heterocycles. The van der Waals surface area contributed by atoms with Gasteiger partial charge >= 0.3 is 6.18 Å². The van der Waals surface area contributed by atoms with Crippen LogP contribution in [0.3, 0.4) is 0 Å². The van der Waals surface area contributed by atoms with Crippen LogP contribution in [0.15, 0.2) is 55.0 Å². The Kier molecular flexibility index (Phi) is 5.84. The number of nitrogens with one attached hydrogen (secondary N) is 1. The molecule has 0 fully saturated rings. The molecule has 0 radical (unpaired) electrons. The largest absolute Gasteiger partial charge is 0.467 e. The van der Waals surface area contributed by atoms with Crippen molar-refractivity contribution in [2.45, 2.75) is 12.7 Å². The van der Waals surface area contributed by atoms with Crippen LogP contribution in [0.2, 0.25) is 5.02 Å². The van der Waals surface area contributed by atoms with Crippen LogP contribution in [0.5, 0.6) is 5.88 Å². The van der Waals surface area contributed by atoms with Crippen molar-refractivity contribution in [2.75, 3.05) is 6.61 Å². The number of alkyl halides is 3. The minimum Gasteiger partial charge on any atom is -0.467 e. The first-order valence-electron chi connectivity index (χ1n) is 8.04. The number of carbonyl (C=O) groups is 1. The number of rotatable bonds is 6. The minimum absolute atomic E-state index is 0.0970. The highest BCUT2D eigenvalue weighted by atomic mass is 35.5. The fraction of sp³-hybridized carbons (Fsp3) is 0.167. The highest BCUT2D eigenvalue weighted by Gasteiger charge is 2.29. The van der Waals surface area contributed by atoms with Gasteiger partial charge in [0.15, 0.2) is 6.61 Å². The third kappa shape index (κ3) is 5.23. The van der Waals surface area contributed by atoms with Crippen molar-refractivity contribution in [3.63, 3.8) is 0 Å². The van der Waals surface area contributed by atoms with Gasteiger partial charge in [-0.25, -0.2) is 9.67 Å². The third-order valence-corrected chi connectivity index (χ3v) is 3.82. The Morgan fingerprint density at radius 3 is 2.64 bits per heavy atom. The van der Waals surface area contributed by atoms with Crippen molar-refractivity contribution in [1.29, 1.82) is 0 Å². The lowest BCUT2D eigenvalue weighted by molar-refractivity contribution is -0.154. The monoisotopic (exact) mass is 410 g/mol. The number of hydrogen-bond donors (Lipinski definition) is 1. The highest BCUT2D eigenvalue weighted by molar-refractivity contribution is 6.32. The van der Waals surface area contributed by atoms with Gasteiger partial charge in [-0.2, -0.15) is 18.3 Å². The quantitative estimate of drug-likeness (QED) is 0.671. The van der Waals surface area contributed by atoms with E-state index in [1.54, 1.807) is 17.1 Å². The van der Waals surface area contributed by atoms with Gasteiger partial charge in [0.25, 0.3) is 5.91 Å². The number of halogens is 4. The summed E-state index contributed by atoms with van der Waals surface area (Å²) in [6.45, 7) is -1.31. The van der Waals surface area contributed by atoms with Gasteiger partial charge in [-0.15, -0.1) is 0 Å². The molecule has 2 aromatic heterocycles. The number of pyridine rings is 1. The van der Waals surface area contributed by atoms with Crippen LogP contribution in [-0.4, -0.2) is 33.5 Å². The van der Waals surface area contributed by atoms with Crippen LogP contribution in [0.25, 0.3) is 5.69 Å². The van der Waals surface area contributed by atoms with Crippen molar-refractivity contribution in [3.05, 3.63) is 71.1 Å². The molecule has 0 spiro atoms. The molecular weight excluding hydrogens is 397 g/mol. The molecule has 28 heavy (non-hydrogen) atoms. The first kappa shape index (κ1) is 19.7. The summed E-state index contributed by atoms with van der Waals surface area (Å²) < 4.78 is 42.7. The molecule has 0 unspecified atom stereocenters. The van der Waals surface area contributed by atoms with Crippen molar-refractivity contribution in [2.24, 2.45) is 0 Å². The lowest BCUT2D eigenvalue weighted by Crippen LogP contribution is -2.23. The van der Waals surface area contributed by atoms with Gasteiger partial charge in [0.2, 0.25) is 5.88 Å². The number of para-hydroxylation sites is 1. The van der Waals surface area contributed by atoms with E-state index in [1.165, 1.54) is 6.07 Å². The average Bonchev–Trinajstić information content (AvgIpc) is 3.14. The molecule has 0 aliphatic rings. The fourth-order valence-corrected chi connectivity index (χ4v) is 2.48. The molecule has 1 amide bonds. The summed E-state index contributed by atoms with van der Waals surface area (Å²) in [6.07, 6.45) is -0.0208. The van der Waals surface area contributed by atoms with E-state index in [0.29, 0.717) is 0 Å². The van der Waals surface area contributed by atoms with Crippen molar-refractivity contribution in [3.8, 4) is 11.6 Å². The normalized spacial score (nSPS) is 11.3. The molecule has 10 heteroatoms. The summed E-state index contributed by atoms with van der Waals surface area (Å²) in [5.74, 6) is -0.871. The first-order chi connectivity index (χ1) is 13.3. The molecule has 3 aromatic rings. The van der Waals surface area contributed by atoms with E-state index in [-0.39, 0.29) is 23.0 Å². The van der Waals surface area contributed by atoms with Gasteiger partial charge in [0.1, 0.15) is 5.02 Å². The number of amides is 1. The highest BCUT2D eigenvalue weighted by Crippen LogP contribution is 2.25. The van der Waals surface area contributed by atoms with E-state index in [2.05, 4.69) is 20.1 Å². The number of hydrogen-bond acceptors (Lipinski definition) is 4. The predicted octanol–water partition coefficient (Wildman–Crippen LogP) is 3.79. The number of ether oxygens (including phenoxy) is 1. The van der Waals surface area contributed by atoms with Gasteiger partial charge in [0.05, 0.1) is 17.4 Å². The van der Waals surface area contributed by atoms with Crippen molar-refractivity contribution >= 4 is 17.5 Å². The summed E-state index contributed by atoms with van der Waals surface area (Å²) in [5, 5.41) is 6.71. The van der Waals surface area contributed by atoms with Crippen LogP contribution >= 0.6 is 11.6 Å². The molecule has 0 bridgehead atoms. The molecule has 0 atom stereocenters. The van der Waals surface area contributed by atoms with Gasteiger partial charge in [0, 0.05) is 24.5 Å². The predicted molar refractivity (Wildman–Crippen MR) is 95.5 cm³/mol. The fourth-order valence-electron chi connectivity index (χ4n) is 2.26. The Labute approximate surface area is 162 Å². The SMILES string of the molecule is O=C(NCc1cnn(-c2ccccc2)c1)c1cnc(OCC(F)(F)F)c(Cl)c1. The smallest absolute Gasteiger partial charge is 0.422 e. The Morgan fingerprint density at radius 1 is 1.21 bits per heavy atom. The standard InChI is InChI=1S/C18H14ClF3N4O2/c19-15-6-13(9-24-17(15)28-11-18(20,21)22)16(27)23-7-12-8-25-26(10-12)14-4-2-1-3-5-14/h1-6,8-10H,7,11H2,(H,23,27). The van der Waals surface area contributed by atoms with Gasteiger partial charge in [-0.1, -0.05) is 29.8 Å². The van der Waals surface area contributed by atoms with Crippen LogP contribution in [-0.2, 0) is 6.54 Å². The number of carbonyl (C=O) groups excluding carboxylic acids is 1. The summed E-state index contributed by atoms with van der Waals surface area (Å²) in [6, 6.07) is 10.7. The number of benzene rings is 1. The van der Waals surface area contributed by atoms with E-state index in [0.717, 1.165) is 17.4 Å². The second kappa shape index (κ2) is 8.30. The summed E-state index contributed by atoms with van der Waals surface area (Å²) in [5.41, 5.74) is 1.74. The molecule has 6 nitrogen and oxygen atoms in total. The minimum atomic E-state index is -4.51. The Balaban J connectivity index is 1.59. The van der Waals surface area contributed by atoms with Crippen molar-refractivity contribution in [1.82, 2.24) is 20.1 Å². The van der Waals surface area contributed by atoms with E-state index in [4.69, 9.17) is 11.6 Å². The van der Waals surface area contributed by atoms with Gasteiger partial charge < -0.3 is 10.1 Å². The van der Waals surface area contributed by atoms with Crippen LogP contribution in [0.4, 0.5) is 13.2 Å². The zero-order chi connectivity index (χ0) is 20.1. The van der Waals surface area contributed by atoms with Gasteiger partial charge in [-0.05, 0) is 18.2 Å². The summed E-state index contributed by atoms with van der Waals surface area (Å²) >= 11 is 5.84. The van der Waals surface area contributed by atoms with Crippen molar-refractivity contribution < 1.29 is 22.7 Å². The first-order valence-corrected chi connectivity index (χ1v) is 8.42. The maximum absolute atomic E-state index is 12.2. The molecule has 1 aromatic carbocycles. The average molecular weight is 411 g/mol. The zero-order valence-corrected chi connectivity index (χ0v) is 15.0. The van der Waals surface area contributed by atoms with Crippen LogP contribution in [0, 0.1) is 0 Å². The molecular formula is C18H14ClF3N4O2. The Morgan fingerprint density at radius 2 is 1.96 bits per heavy atom. The molecule has 0 aliphatic carbocycles. The topological polar surface area (TPSA) is 69.0 Å². The second-order valence-corrected chi connectivity index (χ2v) is 6.13. The molecule has 1 N–H and O–H groups in total. The molecule has 0 saturated carbocycles. The third-order valence-electron chi connectivity index (χ3n) is 3.55. The lowest BCUT2D eigenvalue weighted by Gasteiger charge is -2.10. The zero-order valence-electron chi connectivity index (χ0n) is 14.3. The van der Waals surface area contributed by atoms with E-state index < -0.39 is 18.7 Å². The number of aromatic nitrogens is 3. The maximum Gasteiger partial charge on any atom is 0.422 e. The Bertz CT molecular complexity index is 961. The van der Waals surface area contributed by atoms with Crippen LogP contribution < -0.4 is 10.1 Å². The van der Waals surface area contributed by atoms with Crippen LogP contribution in [0.1, 0.15) is 15.9 Å².